The van der Waals surface area contributed by atoms with E-state index in [9.17, 15) is 0 Å². The van der Waals surface area contributed by atoms with Crippen LogP contribution in [0.5, 0.6) is 5.75 Å². The first kappa shape index (κ1) is 39.4. The molecule has 6 rings (SSSR count). The second-order valence-electron chi connectivity index (χ2n) is 14.4. The molecule has 1 fully saturated rings. The topological polar surface area (TPSA) is 23.3 Å². The van der Waals surface area contributed by atoms with Crippen LogP contribution in [0.3, 0.4) is 0 Å². The third-order valence-corrected chi connectivity index (χ3v) is 13.5. The molecule has 3 atom stereocenters. The van der Waals surface area contributed by atoms with Crippen LogP contribution in [0.2, 0.25) is 13.1 Å². The number of hydrogen-bond donors (Lipinski definition) is 0. The van der Waals surface area contributed by atoms with Crippen LogP contribution in [0, 0.1) is 19.3 Å². The Kier molecular flexibility index (Phi) is 15.3. The molecule has 48 heavy (non-hydrogen) atoms. The molecule has 0 N–H and O–H groups in total. The van der Waals surface area contributed by atoms with Gasteiger partial charge >= 0.3 is 37.9 Å². The quantitative estimate of drug-likeness (QED) is 0.110. The van der Waals surface area contributed by atoms with Crippen LogP contribution in [0.1, 0.15) is 100 Å². The van der Waals surface area contributed by atoms with E-state index in [0.29, 0.717) is 23.4 Å². The Labute approximate surface area is 311 Å². The number of halogens is 2. The minimum absolute atomic E-state index is 0. The summed E-state index contributed by atoms with van der Waals surface area (Å²) in [6, 6.07) is 32.3. The van der Waals surface area contributed by atoms with E-state index in [2.05, 4.69) is 119 Å². The van der Waals surface area contributed by atoms with E-state index >= 15 is 0 Å². The number of fused-ring (bicyclic) bond motifs is 2. The van der Waals surface area contributed by atoms with Crippen molar-refractivity contribution in [1.82, 2.24) is 0 Å². The molecule has 4 aromatic carbocycles. The van der Waals surface area contributed by atoms with Gasteiger partial charge in [0, 0.05) is 5.54 Å². The number of hydrogen-bond acceptors (Lipinski definition) is 1. The summed E-state index contributed by atoms with van der Waals surface area (Å²) in [5.74, 6) is 2.24. The van der Waals surface area contributed by atoms with Crippen molar-refractivity contribution < 1.29 is 25.3 Å². The number of para-hydroxylation sites is 1. The summed E-state index contributed by atoms with van der Waals surface area (Å²) in [7, 11) is 7.60. The second kappa shape index (κ2) is 18.7. The summed E-state index contributed by atoms with van der Waals surface area (Å²) in [6.07, 6.45) is 11.2. The Morgan fingerprint density at radius 2 is 1.50 bits per heavy atom. The average Bonchev–Trinajstić information content (AvgIpc) is 3.49. The van der Waals surface area contributed by atoms with Crippen molar-refractivity contribution in [1.29, 1.82) is 0 Å². The van der Waals surface area contributed by atoms with Crippen molar-refractivity contribution in [3.63, 3.8) is 0 Å². The molecular weight excluding hydrogens is 725 g/mol. The van der Waals surface area contributed by atoms with Gasteiger partial charge in [-0.2, -0.15) is 0 Å². The monoisotopic (exact) mass is 777 g/mol. The Balaban J connectivity index is 0.00000125. The zero-order valence-corrected chi connectivity index (χ0v) is 34.9. The van der Waals surface area contributed by atoms with Gasteiger partial charge in [0.1, 0.15) is 5.75 Å². The number of nitrogens with zero attached hydrogens (tertiary/aromatic N) is 1. The molecule has 4 aromatic rings. The van der Waals surface area contributed by atoms with Crippen molar-refractivity contribution in [2.45, 2.75) is 109 Å². The average molecular weight is 780 g/mol. The van der Waals surface area contributed by atoms with Gasteiger partial charge in [-0.25, -0.2) is 0 Å². The molecule has 6 heteroatoms. The predicted octanol–water partition coefficient (Wildman–Crippen LogP) is 14.0. The molecule has 2 nitrogen and oxygen atoms in total. The van der Waals surface area contributed by atoms with Crippen molar-refractivity contribution in [2.75, 3.05) is 0 Å². The molecule has 0 aromatic heterocycles. The van der Waals surface area contributed by atoms with Crippen LogP contribution in [-0.4, -0.2) is 14.4 Å². The third kappa shape index (κ3) is 9.27. The van der Waals surface area contributed by atoms with Gasteiger partial charge in [0.25, 0.3) is 8.32 Å². The third-order valence-electron chi connectivity index (χ3n) is 10.5. The number of benzene rings is 4. The summed E-state index contributed by atoms with van der Waals surface area (Å²) in [6.45, 7) is 12.1. The first-order valence-electron chi connectivity index (χ1n) is 17.8. The molecule has 0 amide bonds. The van der Waals surface area contributed by atoms with Crippen LogP contribution in [0.25, 0.3) is 27.2 Å². The van der Waals surface area contributed by atoms with Gasteiger partial charge < -0.3 is 17.2 Å². The van der Waals surface area contributed by atoms with Gasteiger partial charge in [-0.15, -0.1) is 12.1 Å². The first-order valence-corrected chi connectivity index (χ1v) is 27.1. The van der Waals surface area contributed by atoms with E-state index < -0.39 is 29.2 Å². The molecule has 0 radical (unpaired) electrons. The standard InChI is InChI=1S/C41H52NOSi.CH3.2ClH.Zr/c1-6-7-26-39(42-31-19-9-8-10-20-31)36-22-13-14-27-40(36)43-44(4,5)41-35-25-16-24-34(38(35)28-37(41)29(2)3)33-23-15-18-30-17-11-12-21-32(30)33;;;;/h11-18,21-25,27,29,31,37,39,41H,6-10,19-20,26,28H2,1-5H3;1H3;2*1H;/q2*-1;;;+4/p-2. The van der Waals surface area contributed by atoms with E-state index in [-0.39, 0.29) is 13.5 Å². The van der Waals surface area contributed by atoms with E-state index in [1.54, 1.807) is 0 Å². The van der Waals surface area contributed by atoms with Gasteiger partial charge in [-0.1, -0.05) is 151 Å². The summed E-state index contributed by atoms with van der Waals surface area (Å²) >= 11 is -0.826. The maximum absolute atomic E-state index is 7.40. The Morgan fingerprint density at radius 3 is 2.23 bits per heavy atom. The van der Waals surface area contributed by atoms with Crippen LogP contribution in [0.4, 0.5) is 0 Å². The van der Waals surface area contributed by atoms with E-state index in [4.69, 9.17) is 26.8 Å². The van der Waals surface area contributed by atoms with Crippen LogP contribution in [-0.2, 0) is 27.3 Å². The Morgan fingerprint density at radius 1 is 0.854 bits per heavy atom. The molecule has 3 unspecified atom stereocenters. The first-order chi connectivity index (χ1) is 22.8. The Hall–Kier alpha value is -1.42. The SMILES string of the molecule is CCCCC([N-]C1CCCCC1)c1ccccc1O[Si](C)(C)C1c2cccc(-c3cccc4ccccc34)c2CC1C(C)C.[CH3-].[Cl][Zr+2][Cl]. The molecule has 2 aliphatic carbocycles. The van der Waals surface area contributed by atoms with Gasteiger partial charge in [0.2, 0.25) is 0 Å². The number of rotatable bonds is 11. The van der Waals surface area contributed by atoms with Gasteiger partial charge in [0.15, 0.2) is 0 Å². The second-order valence-corrected chi connectivity index (χ2v) is 22.2. The van der Waals surface area contributed by atoms with Crippen molar-refractivity contribution in [3.05, 3.63) is 114 Å². The normalized spacial score (nSPS) is 18.3. The molecular formula is C42H55Cl2NOSiZr. The molecule has 0 bridgehead atoms. The van der Waals surface area contributed by atoms with Gasteiger partial charge in [-0.05, 0) is 76.0 Å². The van der Waals surface area contributed by atoms with E-state index in [0.717, 1.165) is 18.6 Å². The van der Waals surface area contributed by atoms with Gasteiger partial charge in [0.05, 0.1) is 0 Å². The predicted molar refractivity (Wildman–Crippen MR) is 209 cm³/mol. The molecule has 0 aliphatic heterocycles. The fourth-order valence-corrected chi connectivity index (χ4v) is 11.8. The van der Waals surface area contributed by atoms with E-state index in [1.807, 2.05) is 0 Å². The number of unbranched alkanes of at least 4 members (excludes halogenated alkanes) is 1. The Bertz CT molecular complexity index is 1580. The van der Waals surface area contributed by atoms with Crippen LogP contribution < -0.4 is 4.43 Å². The summed E-state index contributed by atoms with van der Waals surface area (Å²) in [5, 5.41) is 8.17. The molecule has 0 saturated heterocycles. The fraction of sp³-hybridized carbons (Fsp3) is 0.452. The van der Waals surface area contributed by atoms with Crippen LogP contribution >= 0.6 is 17.0 Å². The fourth-order valence-electron chi connectivity index (χ4n) is 8.32. The molecule has 1 saturated carbocycles. The van der Waals surface area contributed by atoms with Crippen molar-refractivity contribution in [2.24, 2.45) is 11.8 Å². The summed E-state index contributed by atoms with van der Waals surface area (Å²) in [4.78, 5) is 0. The maximum atomic E-state index is 7.40. The van der Waals surface area contributed by atoms with Crippen molar-refractivity contribution in [3.8, 4) is 16.9 Å². The minimum atomic E-state index is -2.27. The van der Waals surface area contributed by atoms with E-state index in [1.165, 1.54) is 83.5 Å². The van der Waals surface area contributed by atoms with Crippen molar-refractivity contribution >= 4 is 36.1 Å². The zero-order valence-electron chi connectivity index (χ0n) is 29.9. The molecule has 256 valence electrons. The summed E-state index contributed by atoms with van der Waals surface area (Å²) < 4.78 is 7.40. The molecule has 2 aliphatic rings. The molecule has 0 heterocycles. The summed E-state index contributed by atoms with van der Waals surface area (Å²) in [5.41, 5.74) is 7.58. The molecule has 0 spiro atoms. The zero-order chi connectivity index (χ0) is 33.4. The van der Waals surface area contributed by atoms with Gasteiger partial charge in [-0.3, -0.25) is 0 Å². The van der Waals surface area contributed by atoms with Crippen LogP contribution in [0.15, 0.2) is 84.9 Å².